The smallest absolute Gasteiger partial charge is 0 e. The molecule has 0 amide bonds. The van der Waals surface area contributed by atoms with Gasteiger partial charge >= 0.3 is 32.1 Å². The molecule has 7 heavy (non-hydrogen) atoms. The minimum atomic E-state index is -5.52. The second-order valence-electron chi connectivity index (χ2n) is 0.448. The van der Waals surface area contributed by atoms with Gasteiger partial charge in [0.1, 0.15) is 0 Å². The molecule has 0 unspecified atom stereocenters. The average Bonchev–Trinajstić information content (AvgIpc) is 0.722. The fourth-order valence-corrected chi connectivity index (χ4v) is 0. The third kappa shape index (κ3) is 66.2. The van der Waals surface area contributed by atoms with Crippen molar-refractivity contribution in [3.05, 3.63) is 0 Å². The molecular formula is H2CdHgO4Te. The van der Waals surface area contributed by atoms with Gasteiger partial charge in [-0.25, -0.2) is 0 Å². The van der Waals surface area contributed by atoms with Gasteiger partial charge in [0.2, 0.25) is 0 Å². The molecule has 0 radical (unpaired) electrons. The molecule has 36 valence electrons. The van der Waals surface area contributed by atoms with Gasteiger partial charge in [-0.2, -0.15) is 0 Å². The first kappa shape index (κ1) is 16.1. The Hall–Kier alpha value is 2.17. The van der Waals surface area contributed by atoms with Gasteiger partial charge in [0.05, 0.1) is 0 Å². The van der Waals surface area contributed by atoms with Crippen molar-refractivity contribution in [1.29, 1.82) is 0 Å². The van der Waals surface area contributed by atoms with E-state index in [1.165, 1.54) is 0 Å². The van der Waals surface area contributed by atoms with Gasteiger partial charge in [-0.15, -0.1) is 0 Å². The first-order valence-corrected chi connectivity index (χ1v) is 4.69. The summed E-state index contributed by atoms with van der Waals surface area (Å²) in [6.45, 7) is 0. The Labute approximate surface area is 85.6 Å². The molecule has 0 bridgehead atoms. The molecule has 0 saturated heterocycles. The van der Waals surface area contributed by atoms with Crippen LogP contribution < -0.4 is 0 Å². The summed E-state index contributed by atoms with van der Waals surface area (Å²) in [5, 5.41) is 0. The van der Waals surface area contributed by atoms with E-state index in [0.717, 1.165) is 0 Å². The molecule has 2 N–H and O–H groups in total. The summed E-state index contributed by atoms with van der Waals surface area (Å²) in [4.78, 5) is 0. The van der Waals surface area contributed by atoms with Crippen LogP contribution in [0.2, 0.25) is 0 Å². The third-order valence-electron chi connectivity index (χ3n) is 0. The summed E-state index contributed by atoms with van der Waals surface area (Å²) >= 11 is -5.52. The molecule has 4 nitrogen and oxygen atoms in total. The van der Waals surface area contributed by atoms with Gasteiger partial charge in [0, 0.05) is 55.0 Å². The largest absolute Gasteiger partial charge is 0 e. The molecule has 0 aromatic heterocycles. The molecule has 0 atom stereocenters. The Kier molecular flexibility index (Phi) is 14.4. The molecule has 0 aliphatic carbocycles. The van der Waals surface area contributed by atoms with Crippen LogP contribution in [0, 0.1) is 0 Å². The van der Waals surface area contributed by atoms with Crippen LogP contribution in [-0.4, -0.2) is 25.9 Å². The number of rotatable bonds is 0. The second kappa shape index (κ2) is 6.29. The SMILES string of the molecule is O=[Te](=O)(O)O.[Cd].[Hg]. The minimum absolute atomic E-state index is 0. The van der Waals surface area contributed by atoms with Gasteiger partial charge in [0.25, 0.3) is 0 Å². The zero-order valence-corrected chi connectivity index (χ0v) is 15.4. The summed E-state index contributed by atoms with van der Waals surface area (Å²) < 4.78 is 32.0. The molecule has 0 aliphatic rings. The van der Waals surface area contributed by atoms with Crippen LogP contribution in [0.15, 0.2) is 0 Å². The van der Waals surface area contributed by atoms with E-state index in [2.05, 4.69) is 0 Å². The summed E-state index contributed by atoms with van der Waals surface area (Å²) in [6, 6.07) is 0. The van der Waals surface area contributed by atoms with Gasteiger partial charge in [0.15, 0.2) is 0 Å². The number of hydrogen-bond donors (Lipinski definition) is 2. The summed E-state index contributed by atoms with van der Waals surface area (Å²) in [6.07, 6.45) is 0. The van der Waals surface area contributed by atoms with E-state index >= 15 is 0 Å². The molecule has 0 aliphatic heterocycles. The topological polar surface area (TPSA) is 74.6 Å². The maximum Gasteiger partial charge on any atom is 0 e. The van der Waals surface area contributed by atoms with Crippen molar-refractivity contribution >= 4 is 19.0 Å². The van der Waals surface area contributed by atoms with Crippen molar-refractivity contribution in [2.45, 2.75) is 0 Å². The zero-order valence-electron chi connectivity index (χ0n) is 3.53. The van der Waals surface area contributed by atoms with E-state index in [9.17, 15) is 0 Å². The van der Waals surface area contributed by atoms with Crippen LogP contribution in [0.4, 0.5) is 0 Å². The van der Waals surface area contributed by atoms with Crippen LogP contribution in [0.3, 0.4) is 0 Å². The molecule has 0 aromatic carbocycles. The fourth-order valence-electron chi connectivity index (χ4n) is 0. The Morgan fingerprint density at radius 3 is 1.14 bits per heavy atom. The first-order valence-electron chi connectivity index (χ1n) is 0.698. The third-order valence-corrected chi connectivity index (χ3v) is 0. The van der Waals surface area contributed by atoms with Crippen LogP contribution in [0.1, 0.15) is 0 Å². The molecule has 0 saturated carbocycles. The Morgan fingerprint density at radius 1 is 1.14 bits per heavy atom. The fraction of sp³-hybridized carbons (Fsp3) is 0. The summed E-state index contributed by atoms with van der Waals surface area (Å²) in [5.41, 5.74) is 0. The zero-order chi connectivity index (χ0) is 4.50. The van der Waals surface area contributed by atoms with Crippen LogP contribution in [-0.2, 0) is 61.2 Å². The monoisotopic (exact) mass is 512 g/mol. The van der Waals surface area contributed by atoms with Crippen molar-refractivity contribution in [3.63, 3.8) is 0 Å². The average molecular weight is 507 g/mol. The Morgan fingerprint density at radius 2 is 1.14 bits per heavy atom. The van der Waals surface area contributed by atoms with E-state index < -0.39 is 19.0 Å². The van der Waals surface area contributed by atoms with E-state index in [-0.39, 0.29) is 55.0 Å². The normalized spacial score (nSPS) is 8.29. The Balaban J connectivity index is -0.0000000800. The molecule has 0 spiro atoms. The molecule has 0 fully saturated rings. The molecular weight excluding hydrogens is 505 g/mol. The molecule has 7 heteroatoms. The van der Waals surface area contributed by atoms with Gasteiger partial charge in [-0.1, -0.05) is 0 Å². The van der Waals surface area contributed by atoms with Crippen LogP contribution in [0.25, 0.3) is 0 Å². The maximum atomic E-state index is 8.85. The van der Waals surface area contributed by atoms with Gasteiger partial charge in [-0.3, -0.25) is 0 Å². The number of hydrogen-bond acceptors (Lipinski definition) is 2. The van der Waals surface area contributed by atoms with E-state index in [1.807, 2.05) is 0 Å². The predicted molar refractivity (Wildman–Crippen MR) is 11.6 cm³/mol. The summed E-state index contributed by atoms with van der Waals surface area (Å²) in [7, 11) is 0. The molecule has 0 aromatic rings. The molecule has 0 heterocycles. The van der Waals surface area contributed by atoms with Crippen molar-refractivity contribution in [1.82, 2.24) is 0 Å². The predicted octanol–water partition coefficient (Wildman–Crippen LogP) is -1.74. The van der Waals surface area contributed by atoms with Gasteiger partial charge < -0.3 is 0 Å². The van der Waals surface area contributed by atoms with E-state index in [1.54, 1.807) is 0 Å². The maximum absolute atomic E-state index is 8.85. The van der Waals surface area contributed by atoms with E-state index in [4.69, 9.17) is 13.2 Å². The van der Waals surface area contributed by atoms with Crippen molar-refractivity contribution in [2.24, 2.45) is 0 Å². The quantitative estimate of drug-likeness (QED) is 0.383. The first-order chi connectivity index (χ1) is 2.00. The minimum Gasteiger partial charge on any atom is 0 e. The van der Waals surface area contributed by atoms with Crippen molar-refractivity contribution in [2.75, 3.05) is 0 Å². The molecule has 0 rings (SSSR count). The van der Waals surface area contributed by atoms with Crippen molar-refractivity contribution < 1.29 is 68.1 Å². The van der Waals surface area contributed by atoms with Crippen molar-refractivity contribution in [3.8, 4) is 0 Å². The van der Waals surface area contributed by atoms with E-state index in [0.29, 0.717) is 0 Å². The summed E-state index contributed by atoms with van der Waals surface area (Å²) in [5.74, 6) is 0. The second-order valence-corrected chi connectivity index (χ2v) is 3.00. The Bertz CT molecular complexity index is 94.9. The standard InChI is InChI=1S/Cd.Hg.H2O4Te/c;;1-5(2,3)4/h;;(H2,1,2,3,4). The van der Waals surface area contributed by atoms with Crippen LogP contribution in [0.5, 0.6) is 0 Å². The van der Waals surface area contributed by atoms with Gasteiger partial charge in [-0.05, 0) is 0 Å². The van der Waals surface area contributed by atoms with Crippen LogP contribution >= 0.6 is 0 Å².